The fourth-order valence-electron chi connectivity index (χ4n) is 2.89. The van der Waals surface area contributed by atoms with E-state index in [0.29, 0.717) is 41.1 Å². The minimum atomic E-state index is -0.176. The number of rotatable bonds is 5. The van der Waals surface area contributed by atoms with Gasteiger partial charge >= 0.3 is 0 Å². The zero-order valence-electron chi connectivity index (χ0n) is 15.1. The molecule has 0 aliphatic carbocycles. The van der Waals surface area contributed by atoms with Crippen LogP contribution in [0.15, 0.2) is 47.5 Å². The molecule has 0 radical (unpaired) electrons. The van der Waals surface area contributed by atoms with Crippen LogP contribution in [-0.2, 0) is 13.0 Å². The molecule has 4 rings (SSSR count). The molecule has 9 heteroatoms. The summed E-state index contributed by atoms with van der Waals surface area (Å²) in [6.45, 7) is 2.19. The molecule has 28 heavy (non-hydrogen) atoms. The van der Waals surface area contributed by atoms with Gasteiger partial charge in [0, 0.05) is 35.6 Å². The average molecular weight is 375 g/mol. The molecule has 1 amide bonds. The van der Waals surface area contributed by atoms with Crippen LogP contribution in [0.5, 0.6) is 0 Å². The van der Waals surface area contributed by atoms with Gasteiger partial charge in [0.2, 0.25) is 5.65 Å². The SMILES string of the molecule is Cc1nc2nonc2c(N)c1Cc1ccc(C(=O)NCc2cnccn2)cc1. The second kappa shape index (κ2) is 7.39. The summed E-state index contributed by atoms with van der Waals surface area (Å²) in [5.41, 5.74) is 11.5. The Morgan fingerprint density at radius 1 is 1.18 bits per heavy atom. The number of anilines is 1. The lowest BCUT2D eigenvalue weighted by atomic mass is 10.0. The summed E-state index contributed by atoms with van der Waals surface area (Å²) in [5.74, 6) is -0.176. The first-order valence-electron chi connectivity index (χ1n) is 8.61. The first kappa shape index (κ1) is 17.5. The van der Waals surface area contributed by atoms with Gasteiger partial charge in [-0.15, -0.1) is 0 Å². The van der Waals surface area contributed by atoms with Gasteiger partial charge in [0.25, 0.3) is 5.91 Å². The van der Waals surface area contributed by atoms with Gasteiger partial charge in [-0.25, -0.2) is 9.61 Å². The molecule has 140 valence electrons. The summed E-state index contributed by atoms with van der Waals surface area (Å²) >= 11 is 0. The summed E-state index contributed by atoms with van der Waals surface area (Å²) < 4.78 is 4.71. The number of fused-ring (bicyclic) bond motifs is 1. The Bertz CT molecular complexity index is 1120. The van der Waals surface area contributed by atoms with Crippen LogP contribution in [0.3, 0.4) is 0 Å². The molecule has 0 bridgehead atoms. The van der Waals surface area contributed by atoms with Gasteiger partial charge in [0.1, 0.15) is 0 Å². The van der Waals surface area contributed by atoms with Gasteiger partial charge in [0.15, 0.2) is 5.52 Å². The van der Waals surface area contributed by atoms with E-state index in [1.54, 1.807) is 30.7 Å². The predicted molar refractivity (Wildman–Crippen MR) is 101 cm³/mol. The molecule has 0 spiro atoms. The highest BCUT2D eigenvalue weighted by Crippen LogP contribution is 2.25. The third kappa shape index (κ3) is 3.50. The number of pyridine rings is 1. The number of aryl methyl sites for hydroxylation is 1. The molecule has 0 aliphatic rings. The Labute approximate surface area is 160 Å². The van der Waals surface area contributed by atoms with Gasteiger partial charge in [-0.3, -0.25) is 14.8 Å². The van der Waals surface area contributed by atoms with E-state index in [0.717, 1.165) is 16.8 Å². The summed E-state index contributed by atoms with van der Waals surface area (Å²) in [7, 11) is 0. The van der Waals surface area contributed by atoms with Gasteiger partial charge in [-0.05, 0) is 34.9 Å². The number of carbonyl (C=O) groups is 1. The lowest BCUT2D eigenvalue weighted by Crippen LogP contribution is -2.23. The van der Waals surface area contributed by atoms with E-state index < -0.39 is 0 Å². The Hall–Kier alpha value is -3.88. The molecule has 3 heterocycles. The van der Waals surface area contributed by atoms with Gasteiger partial charge in [-0.1, -0.05) is 12.1 Å². The number of nitrogens with one attached hydrogen (secondary N) is 1. The topological polar surface area (TPSA) is 133 Å². The summed E-state index contributed by atoms with van der Waals surface area (Å²) in [4.78, 5) is 24.8. The Morgan fingerprint density at radius 2 is 2.00 bits per heavy atom. The van der Waals surface area contributed by atoms with Crippen LogP contribution >= 0.6 is 0 Å². The van der Waals surface area contributed by atoms with E-state index in [1.807, 2.05) is 19.1 Å². The number of nitrogens with two attached hydrogens (primary N) is 1. The maximum Gasteiger partial charge on any atom is 0.251 e. The highest BCUT2D eigenvalue weighted by atomic mass is 16.6. The normalized spacial score (nSPS) is 10.9. The molecule has 1 aromatic carbocycles. The van der Waals surface area contributed by atoms with Crippen LogP contribution in [0.1, 0.15) is 32.9 Å². The van der Waals surface area contributed by atoms with Crippen LogP contribution < -0.4 is 11.1 Å². The molecular formula is C19H17N7O2. The molecule has 3 N–H and O–H groups in total. The maximum atomic E-state index is 12.3. The smallest absolute Gasteiger partial charge is 0.251 e. The van der Waals surface area contributed by atoms with Crippen molar-refractivity contribution in [1.29, 1.82) is 0 Å². The van der Waals surface area contributed by atoms with Gasteiger partial charge in [0.05, 0.1) is 24.1 Å². The Balaban J connectivity index is 1.47. The Kier molecular flexibility index (Phi) is 4.63. The summed E-state index contributed by atoms with van der Waals surface area (Å²) in [6, 6.07) is 7.33. The number of carbonyl (C=O) groups excluding carboxylic acids is 1. The second-order valence-electron chi connectivity index (χ2n) is 6.28. The largest absolute Gasteiger partial charge is 0.396 e. The summed E-state index contributed by atoms with van der Waals surface area (Å²) in [5, 5.41) is 10.4. The molecule has 0 aliphatic heterocycles. The first-order valence-corrected chi connectivity index (χ1v) is 8.61. The average Bonchev–Trinajstić information content (AvgIpc) is 3.19. The highest BCUT2D eigenvalue weighted by molar-refractivity contribution is 5.94. The van der Waals surface area contributed by atoms with Crippen molar-refractivity contribution >= 4 is 22.8 Å². The van der Waals surface area contributed by atoms with Gasteiger partial charge in [-0.2, -0.15) is 0 Å². The number of amides is 1. The third-order valence-electron chi connectivity index (χ3n) is 4.41. The number of nitrogen functional groups attached to an aromatic ring is 1. The van der Waals surface area contributed by atoms with Crippen molar-refractivity contribution in [1.82, 2.24) is 30.6 Å². The van der Waals surface area contributed by atoms with Crippen molar-refractivity contribution < 1.29 is 9.42 Å². The fraction of sp³-hybridized carbons (Fsp3) is 0.158. The number of aromatic nitrogens is 5. The third-order valence-corrected chi connectivity index (χ3v) is 4.41. The summed E-state index contributed by atoms with van der Waals surface area (Å²) in [6.07, 6.45) is 5.36. The number of hydrogen-bond donors (Lipinski definition) is 2. The quantitative estimate of drug-likeness (QED) is 0.540. The minimum Gasteiger partial charge on any atom is -0.396 e. The van der Waals surface area contributed by atoms with Crippen molar-refractivity contribution in [2.45, 2.75) is 19.9 Å². The van der Waals surface area contributed by atoms with Crippen molar-refractivity contribution in [2.24, 2.45) is 0 Å². The maximum absolute atomic E-state index is 12.3. The molecule has 0 saturated carbocycles. The molecule has 0 fully saturated rings. The Morgan fingerprint density at radius 3 is 2.75 bits per heavy atom. The van der Waals surface area contributed by atoms with Crippen LogP contribution in [0.25, 0.3) is 11.2 Å². The molecule has 9 nitrogen and oxygen atoms in total. The molecule has 4 aromatic rings. The molecular weight excluding hydrogens is 358 g/mol. The van der Waals surface area contributed by atoms with Crippen LogP contribution in [0.4, 0.5) is 5.69 Å². The van der Waals surface area contributed by atoms with Crippen LogP contribution in [0.2, 0.25) is 0 Å². The number of nitrogens with zero attached hydrogens (tertiary/aromatic N) is 5. The minimum absolute atomic E-state index is 0.176. The zero-order valence-corrected chi connectivity index (χ0v) is 15.1. The standard InChI is InChI=1S/C19H17N7O2/c1-11-15(16(20)17-18(24-11)26-28-25-17)8-12-2-4-13(5-3-12)19(27)23-10-14-9-21-6-7-22-14/h2-7,9H,8,10,20H2,1H3,(H,23,27). The first-order chi connectivity index (χ1) is 13.6. The highest BCUT2D eigenvalue weighted by Gasteiger charge is 2.15. The van der Waals surface area contributed by atoms with E-state index in [4.69, 9.17) is 10.4 Å². The van der Waals surface area contributed by atoms with E-state index in [2.05, 4.69) is 30.6 Å². The van der Waals surface area contributed by atoms with E-state index in [9.17, 15) is 4.79 Å². The van der Waals surface area contributed by atoms with Crippen molar-refractivity contribution in [2.75, 3.05) is 5.73 Å². The van der Waals surface area contributed by atoms with Crippen molar-refractivity contribution in [3.63, 3.8) is 0 Å². The van der Waals surface area contributed by atoms with Crippen molar-refractivity contribution in [3.8, 4) is 0 Å². The van der Waals surface area contributed by atoms with E-state index >= 15 is 0 Å². The molecule has 3 aromatic heterocycles. The zero-order chi connectivity index (χ0) is 19.5. The van der Waals surface area contributed by atoms with Crippen molar-refractivity contribution in [3.05, 3.63) is 70.9 Å². The second-order valence-corrected chi connectivity index (χ2v) is 6.28. The lowest BCUT2D eigenvalue weighted by molar-refractivity contribution is 0.0950. The monoisotopic (exact) mass is 375 g/mol. The van der Waals surface area contributed by atoms with E-state index in [1.165, 1.54) is 0 Å². The number of hydrogen-bond acceptors (Lipinski definition) is 8. The number of benzene rings is 1. The fourth-order valence-corrected chi connectivity index (χ4v) is 2.89. The van der Waals surface area contributed by atoms with E-state index in [-0.39, 0.29) is 5.91 Å². The predicted octanol–water partition coefficient (Wildman–Crippen LogP) is 1.82. The molecule has 0 unspecified atom stereocenters. The van der Waals surface area contributed by atoms with Crippen LogP contribution in [-0.4, -0.2) is 31.2 Å². The molecule has 0 saturated heterocycles. The van der Waals surface area contributed by atoms with Gasteiger partial charge < -0.3 is 11.1 Å². The molecule has 0 atom stereocenters. The van der Waals surface area contributed by atoms with Crippen LogP contribution in [0, 0.1) is 6.92 Å². The lowest BCUT2D eigenvalue weighted by Gasteiger charge is -2.10.